The molecule has 5 aliphatic carbocycles. The zero-order valence-electron chi connectivity index (χ0n) is 17.4. The minimum absolute atomic E-state index is 0.0917. The molecule has 0 radical (unpaired) electrons. The molecule has 0 spiro atoms. The van der Waals surface area contributed by atoms with E-state index in [1.807, 2.05) is 6.08 Å². The van der Waals surface area contributed by atoms with Gasteiger partial charge in [0.1, 0.15) is 5.82 Å². The summed E-state index contributed by atoms with van der Waals surface area (Å²) in [5.74, 6) is 4.75. The van der Waals surface area contributed by atoms with Crippen LogP contribution in [-0.2, 0) is 11.3 Å². The Morgan fingerprint density at radius 3 is 2.38 bits per heavy atom. The molecule has 158 valence electrons. The number of hydrogen-bond acceptors (Lipinski definition) is 4. The van der Waals surface area contributed by atoms with Gasteiger partial charge in [-0.2, -0.15) is 0 Å². The van der Waals surface area contributed by atoms with Gasteiger partial charge < -0.3 is 9.88 Å². The van der Waals surface area contributed by atoms with Crippen LogP contribution in [0.5, 0.6) is 0 Å². The molecule has 5 saturated carbocycles. The van der Waals surface area contributed by atoms with E-state index < -0.39 is 0 Å². The number of amides is 1. The molecule has 5 aliphatic rings. The van der Waals surface area contributed by atoms with Crippen molar-refractivity contribution >= 4 is 17.7 Å². The lowest BCUT2D eigenvalue weighted by atomic mass is 9.53. The van der Waals surface area contributed by atoms with Gasteiger partial charge in [-0.1, -0.05) is 37.1 Å². The molecule has 0 aromatic carbocycles. The quantitative estimate of drug-likeness (QED) is 0.519. The van der Waals surface area contributed by atoms with Crippen molar-refractivity contribution in [3.63, 3.8) is 0 Å². The maximum Gasteiger partial charge on any atom is 0.230 e. The maximum absolute atomic E-state index is 12.9. The second-order valence-electron chi connectivity index (χ2n) is 10.1. The Labute approximate surface area is 178 Å². The van der Waals surface area contributed by atoms with Crippen LogP contribution in [0.2, 0.25) is 0 Å². The Balaban J connectivity index is 1.22. The van der Waals surface area contributed by atoms with Crippen molar-refractivity contribution in [1.82, 2.24) is 20.1 Å². The van der Waals surface area contributed by atoms with Gasteiger partial charge in [-0.15, -0.1) is 16.8 Å². The molecule has 6 rings (SSSR count). The van der Waals surface area contributed by atoms with E-state index in [1.165, 1.54) is 82.4 Å². The topological polar surface area (TPSA) is 59.8 Å². The fourth-order valence-electron chi connectivity index (χ4n) is 7.10. The van der Waals surface area contributed by atoms with Gasteiger partial charge in [0.15, 0.2) is 5.16 Å². The minimum Gasteiger partial charge on any atom is -0.350 e. The number of carbonyl (C=O) groups is 1. The molecule has 1 N–H and O–H groups in total. The van der Waals surface area contributed by atoms with Crippen molar-refractivity contribution in [2.75, 3.05) is 5.75 Å². The van der Waals surface area contributed by atoms with E-state index in [1.54, 1.807) is 0 Å². The second-order valence-corrected chi connectivity index (χ2v) is 11.1. The summed E-state index contributed by atoms with van der Waals surface area (Å²) in [4.78, 5) is 12.9. The van der Waals surface area contributed by atoms with E-state index in [4.69, 9.17) is 0 Å². The van der Waals surface area contributed by atoms with Gasteiger partial charge in [0.2, 0.25) is 5.91 Å². The maximum atomic E-state index is 12.9. The number of allylic oxidation sites excluding steroid dienone is 1. The molecular weight excluding hydrogens is 380 g/mol. The Kier molecular flexibility index (Phi) is 5.48. The molecule has 1 heterocycles. The van der Waals surface area contributed by atoms with Crippen LogP contribution in [0.15, 0.2) is 17.8 Å². The first kappa shape index (κ1) is 19.7. The molecular formula is C23H34N4OS. The highest BCUT2D eigenvalue weighted by molar-refractivity contribution is 7.99. The highest BCUT2D eigenvalue weighted by Gasteiger charge is 2.51. The predicted octanol–water partition coefficient (Wildman–Crippen LogP) is 4.69. The van der Waals surface area contributed by atoms with Crippen LogP contribution >= 0.6 is 11.8 Å². The van der Waals surface area contributed by atoms with Crippen molar-refractivity contribution < 1.29 is 4.79 Å². The first-order valence-electron chi connectivity index (χ1n) is 11.6. The van der Waals surface area contributed by atoms with Crippen LogP contribution in [0.3, 0.4) is 0 Å². The Morgan fingerprint density at radius 1 is 1.10 bits per heavy atom. The zero-order valence-corrected chi connectivity index (χ0v) is 18.3. The lowest BCUT2D eigenvalue weighted by molar-refractivity contribution is -0.124. The summed E-state index contributed by atoms with van der Waals surface area (Å²) in [6, 6.07) is 0. The van der Waals surface area contributed by atoms with Crippen LogP contribution < -0.4 is 5.32 Å². The summed E-state index contributed by atoms with van der Waals surface area (Å²) in [5, 5.41) is 13.3. The number of aromatic nitrogens is 3. The largest absolute Gasteiger partial charge is 0.350 e. The van der Waals surface area contributed by atoms with Crippen LogP contribution in [0.25, 0.3) is 0 Å². The fourth-order valence-corrected chi connectivity index (χ4v) is 7.85. The third-order valence-electron chi connectivity index (χ3n) is 7.80. The molecule has 0 saturated heterocycles. The number of nitrogens with zero attached hydrogens (tertiary/aromatic N) is 3. The fraction of sp³-hybridized carbons (Fsp3) is 0.783. The van der Waals surface area contributed by atoms with Crippen molar-refractivity contribution in [2.45, 2.75) is 93.8 Å². The van der Waals surface area contributed by atoms with Crippen LogP contribution in [-0.4, -0.2) is 32.0 Å². The number of thioether (sulfide) groups is 1. The van der Waals surface area contributed by atoms with Crippen LogP contribution in [0, 0.1) is 17.8 Å². The Hall–Kier alpha value is -1.30. The highest BCUT2D eigenvalue weighted by Crippen LogP contribution is 2.55. The molecule has 0 aliphatic heterocycles. The summed E-state index contributed by atoms with van der Waals surface area (Å²) in [6.07, 6.45) is 16.0. The van der Waals surface area contributed by atoms with Gasteiger partial charge in [-0.05, 0) is 69.1 Å². The molecule has 29 heavy (non-hydrogen) atoms. The third kappa shape index (κ3) is 4.01. The monoisotopic (exact) mass is 414 g/mol. The second kappa shape index (κ2) is 8.09. The summed E-state index contributed by atoms with van der Waals surface area (Å²) in [5.41, 5.74) is 0.0917. The van der Waals surface area contributed by atoms with Gasteiger partial charge in [-0.25, -0.2) is 0 Å². The van der Waals surface area contributed by atoms with E-state index in [-0.39, 0.29) is 11.4 Å². The van der Waals surface area contributed by atoms with Crippen molar-refractivity contribution in [1.29, 1.82) is 0 Å². The van der Waals surface area contributed by atoms with Crippen LogP contribution in [0.1, 0.15) is 82.4 Å². The van der Waals surface area contributed by atoms with Gasteiger partial charge in [0, 0.05) is 18.0 Å². The standard InChI is InChI=1S/C23H34N4OS/c1-2-8-27-21(19-6-4-3-5-7-19)25-26-22(27)29-15-20(28)24-23-12-16-9-17(13-23)11-18(10-16)14-23/h2,16-19H,1,3-15H2,(H,24,28). The van der Waals surface area contributed by atoms with E-state index in [2.05, 4.69) is 26.7 Å². The van der Waals surface area contributed by atoms with Crippen molar-refractivity contribution in [2.24, 2.45) is 17.8 Å². The Morgan fingerprint density at radius 2 is 1.76 bits per heavy atom. The molecule has 4 bridgehead atoms. The zero-order chi connectivity index (χ0) is 19.8. The van der Waals surface area contributed by atoms with Crippen molar-refractivity contribution in [3.8, 4) is 0 Å². The van der Waals surface area contributed by atoms with E-state index in [0.29, 0.717) is 11.7 Å². The summed E-state index contributed by atoms with van der Waals surface area (Å²) in [6.45, 7) is 4.64. The SMILES string of the molecule is C=CCn1c(SCC(=O)NC23CC4CC(CC(C4)C2)C3)nnc1C1CCCCC1. The van der Waals surface area contributed by atoms with Crippen molar-refractivity contribution in [3.05, 3.63) is 18.5 Å². The number of rotatable bonds is 7. The lowest BCUT2D eigenvalue weighted by Gasteiger charge is -2.56. The molecule has 1 aromatic rings. The Bertz CT molecular complexity index is 732. The summed E-state index contributed by atoms with van der Waals surface area (Å²) in [7, 11) is 0. The van der Waals surface area contributed by atoms with Crippen LogP contribution in [0.4, 0.5) is 0 Å². The number of hydrogen-bond donors (Lipinski definition) is 1. The lowest BCUT2D eigenvalue weighted by Crippen LogP contribution is -2.60. The average molecular weight is 415 g/mol. The molecule has 0 atom stereocenters. The first-order chi connectivity index (χ1) is 14.1. The van der Waals surface area contributed by atoms with Gasteiger partial charge in [0.25, 0.3) is 0 Å². The molecule has 5 fully saturated rings. The van der Waals surface area contributed by atoms with E-state index >= 15 is 0 Å². The summed E-state index contributed by atoms with van der Waals surface area (Å²) < 4.78 is 2.19. The average Bonchev–Trinajstić information content (AvgIpc) is 3.08. The highest BCUT2D eigenvalue weighted by atomic mass is 32.2. The smallest absolute Gasteiger partial charge is 0.230 e. The predicted molar refractivity (Wildman–Crippen MR) is 116 cm³/mol. The molecule has 0 unspecified atom stereocenters. The van der Waals surface area contributed by atoms with Gasteiger partial charge in [0.05, 0.1) is 5.75 Å². The van der Waals surface area contributed by atoms with E-state index in [9.17, 15) is 4.79 Å². The molecule has 1 aromatic heterocycles. The minimum atomic E-state index is 0.0917. The molecule has 5 nitrogen and oxygen atoms in total. The number of nitrogens with one attached hydrogen (secondary N) is 1. The molecule has 1 amide bonds. The normalized spacial score (nSPS) is 33.7. The molecule has 6 heteroatoms. The first-order valence-corrected chi connectivity index (χ1v) is 12.6. The third-order valence-corrected chi connectivity index (χ3v) is 8.77. The summed E-state index contributed by atoms with van der Waals surface area (Å²) >= 11 is 1.54. The van der Waals surface area contributed by atoms with E-state index in [0.717, 1.165) is 35.3 Å². The van der Waals surface area contributed by atoms with Gasteiger partial charge >= 0.3 is 0 Å². The van der Waals surface area contributed by atoms with Gasteiger partial charge in [-0.3, -0.25) is 4.79 Å². The number of carbonyl (C=O) groups excluding carboxylic acids is 1.